The van der Waals surface area contributed by atoms with Gasteiger partial charge < -0.3 is 19.3 Å². The molecule has 0 spiro atoms. The van der Waals surface area contributed by atoms with Gasteiger partial charge in [-0.25, -0.2) is 0 Å². The molecular weight excluding hydrogens is 340 g/mol. The number of aliphatic carboxylic acids is 1. The van der Waals surface area contributed by atoms with Gasteiger partial charge in [0.05, 0.1) is 18.0 Å². The van der Waals surface area contributed by atoms with Crippen molar-refractivity contribution in [3.63, 3.8) is 0 Å². The van der Waals surface area contributed by atoms with Gasteiger partial charge in [-0.3, -0.25) is 4.79 Å². The molecule has 0 saturated heterocycles. The molecule has 0 bridgehead atoms. The Balaban J connectivity index is 2.12. The van der Waals surface area contributed by atoms with E-state index in [0.717, 1.165) is 22.9 Å². The van der Waals surface area contributed by atoms with Gasteiger partial charge in [-0.1, -0.05) is 0 Å². The highest BCUT2D eigenvalue weighted by atomic mass is 79.9. The minimum absolute atomic E-state index is 0.0767. The van der Waals surface area contributed by atoms with Crippen LogP contribution in [0.2, 0.25) is 0 Å². The van der Waals surface area contributed by atoms with Crippen LogP contribution in [0.5, 0.6) is 17.2 Å². The molecule has 2 aliphatic rings. The molecule has 1 aliphatic heterocycles. The molecule has 1 unspecified atom stereocenters. The van der Waals surface area contributed by atoms with Crippen molar-refractivity contribution in [3.05, 3.63) is 16.1 Å². The van der Waals surface area contributed by atoms with Gasteiger partial charge in [0.1, 0.15) is 19.0 Å². The highest BCUT2D eigenvalue weighted by molar-refractivity contribution is 9.10. The van der Waals surface area contributed by atoms with Crippen LogP contribution in [-0.4, -0.2) is 31.4 Å². The van der Waals surface area contributed by atoms with Crippen molar-refractivity contribution >= 4 is 21.9 Å². The van der Waals surface area contributed by atoms with Crippen molar-refractivity contribution in [3.8, 4) is 17.2 Å². The van der Waals surface area contributed by atoms with Crippen molar-refractivity contribution in [2.45, 2.75) is 25.2 Å². The van der Waals surface area contributed by atoms with Gasteiger partial charge in [0, 0.05) is 17.5 Å². The quantitative estimate of drug-likeness (QED) is 0.877. The molecule has 6 heteroatoms. The molecule has 0 aromatic heterocycles. The molecular formula is C15H17BrO5. The maximum atomic E-state index is 11.2. The number of halogens is 1. The number of benzene rings is 1. The van der Waals surface area contributed by atoms with Crippen LogP contribution in [0.4, 0.5) is 0 Å². The fourth-order valence-corrected chi connectivity index (χ4v) is 3.48. The topological polar surface area (TPSA) is 65.0 Å². The molecule has 1 heterocycles. The molecule has 0 amide bonds. The van der Waals surface area contributed by atoms with E-state index in [1.807, 2.05) is 6.07 Å². The summed E-state index contributed by atoms with van der Waals surface area (Å²) < 4.78 is 17.7. The molecule has 1 aromatic carbocycles. The molecule has 21 heavy (non-hydrogen) atoms. The van der Waals surface area contributed by atoms with E-state index >= 15 is 0 Å². The molecule has 1 atom stereocenters. The summed E-state index contributed by atoms with van der Waals surface area (Å²) in [5, 5.41) is 9.23. The maximum absolute atomic E-state index is 11.2. The van der Waals surface area contributed by atoms with Crippen LogP contribution < -0.4 is 14.2 Å². The normalized spacial score (nSPS) is 18.2. The van der Waals surface area contributed by atoms with Gasteiger partial charge in [-0.15, -0.1) is 0 Å². The van der Waals surface area contributed by atoms with E-state index in [1.165, 1.54) is 0 Å². The Hall–Kier alpha value is -1.43. The summed E-state index contributed by atoms with van der Waals surface area (Å²) in [5.74, 6) is 1.40. The highest BCUT2D eigenvalue weighted by Crippen LogP contribution is 2.54. The van der Waals surface area contributed by atoms with Crippen LogP contribution in [0, 0.1) is 5.92 Å². The fraction of sp³-hybridized carbons (Fsp3) is 0.533. The Bertz CT molecular complexity index is 568. The predicted octanol–water partition coefficient (Wildman–Crippen LogP) is 3.20. The van der Waals surface area contributed by atoms with Gasteiger partial charge in [0.15, 0.2) is 11.5 Å². The molecule has 5 nitrogen and oxygen atoms in total. The summed E-state index contributed by atoms with van der Waals surface area (Å²) >= 11 is 3.48. The van der Waals surface area contributed by atoms with Gasteiger partial charge in [0.2, 0.25) is 0 Å². The molecule has 3 rings (SSSR count). The second-order valence-electron chi connectivity index (χ2n) is 5.37. The highest BCUT2D eigenvalue weighted by Gasteiger charge is 2.39. The van der Waals surface area contributed by atoms with Crippen LogP contribution in [0.25, 0.3) is 0 Å². The minimum atomic E-state index is -0.806. The molecule has 1 saturated carbocycles. The first kappa shape index (κ1) is 14.5. The van der Waals surface area contributed by atoms with Crippen LogP contribution in [0.1, 0.15) is 30.7 Å². The number of carbonyl (C=O) groups is 1. The fourth-order valence-electron chi connectivity index (χ4n) is 2.90. The van der Waals surface area contributed by atoms with Gasteiger partial charge in [0.25, 0.3) is 0 Å². The average molecular weight is 357 g/mol. The third kappa shape index (κ3) is 2.81. The summed E-state index contributed by atoms with van der Waals surface area (Å²) in [6.07, 6.45) is 2.17. The Morgan fingerprint density at radius 3 is 2.81 bits per heavy atom. The molecule has 1 fully saturated rings. The molecule has 1 N–H and O–H groups in total. The number of methoxy groups -OCH3 is 1. The second-order valence-corrected chi connectivity index (χ2v) is 6.23. The first-order valence-electron chi connectivity index (χ1n) is 6.99. The lowest BCUT2D eigenvalue weighted by atomic mass is 9.89. The van der Waals surface area contributed by atoms with Gasteiger partial charge in [-0.2, -0.15) is 0 Å². The summed E-state index contributed by atoms with van der Waals surface area (Å²) in [6, 6.07) is 1.82. The first-order chi connectivity index (χ1) is 10.1. The SMILES string of the molecule is COc1c(Br)cc2c(c1C(CC(=O)O)C1CC1)OCCO2. The average Bonchev–Trinajstić information content (AvgIpc) is 3.28. The maximum Gasteiger partial charge on any atom is 0.303 e. The van der Waals surface area contributed by atoms with E-state index in [0.29, 0.717) is 36.4 Å². The zero-order valence-electron chi connectivity index (χ0n) is 11.7. The van der Waals surface area contributed by atoms with Crippen LogP contribution in [-0.2, 0) is 4.79 Å². The van der Waals surface area contributed by atoms with Crippen molar-refractivity contribution in [1.82, 2.24) is 0 Å². The lowest BCUT2D eigenvalue weighted by molar-refractivity contribution is -0.137. The number of carboxylic acid groups (broad SMARTS) is 1. The van der Waals surface area contributed by atoms with E-state index in [9.17, 15) is 9.90 Å². The molecule has 114 valence electrons. The van der Waals surface area contributed by atoms with Crippen LogP contribution in [0.15, 0.2) is 10.5 Å². The standard InChI is InChI=1S/C15H17BrO5/c1-19-14-10(16)7-11-15(21-5-4-20-11)13(14)9(6-12(17)18)8-2-3-8/h7-9H,2-6H2,1H3,(H,17,18). The smallest absolute Gasteiger partial charge is 0.303 e. The monoisotopic (exact) mass is 356 g/mol. The third-order valence-corrected chi connectivity index (χ3v) is 4.52. The second kappa shape index (κ2) is 5.75. The summed E-state index contributed by atoms with van der Waals surface area (Å²) in [7, 11) is 1.59. The zero-order chi connectivity index (χ0) is 15.0. The van der Waals surface area contributed by atoms with E-state index < -0.39 is 5.97 Å². The van der Waals surface area contributed by atoms with E-state index in [1.54, 1.807) is 7.11 Å². The minimum Gasteiger partial charge on any atom is -0.495 e. The summed E-state index contributed by atoms with van der Waals surface area (Å²) in [6.45, 7) is 0.966. The zero-order valence-corrected chi connectivity index (χ0v) is 13.3. The van der Waals surface area contributed by atoms with Gasteiger partial charge >= 0.3 is 5.97 Å². The van der Waals surface area contributed by atoms with Crippen molar-refractivity contribution in [2.75, 3.05) is 20.3 Å². The van der Waals surface area contributed by atoms with Crippen molar-refractivity contribution < 1.29 is 24.1 Å². The van der Waals surface area contributed by atoms with Crippen molar-refractivity contribution in [2.24, 2.45) is 5.92 Å². The third-order valence-electron chi connectivity index (χ3n) is 3.94. The largest absolute Gasteiger partial charge is 0.495 e. The Morgan fingerprint density at radius 1 is 1.48 bits per heavy atom. The van der Waals surface area contributed by atoms with E-state index in [2.05, 4.69) is 15.9 Å². The van der Waals surface area contributed by atoms with Crippen molar-refractivity contribution in [1.29, 1.82) is 0 Å². The Morgan fingerprint density at radius 2 is 2.19 bits per heavy atom. The lowest BCUT2D eigenvalue weighted by Crippen LogP contribution is -2.19. The van der Waals surface area contributed by atoms with Gasteiger partial charge in [-0.05, 0) is 34.7 Å². The number of rotatable bonds is 5. The molecule has 1 aliphatic carbocycles. The van der Waals surface area contributed by atoms with E-state index in [4.69, 9.17) is 14.2 Å². The van der Waals surface area contributed by atoms with Crippen LogP contribution >= 0.6 is 15.9 Å². The summed E-state index contributed by atoms with van der Waals surface area (Å²) in [5.41, 5.74) is 0.825. The molecule has 0 radical (unpaired) electrons. The Kier molecular flexibility index (Phi) is 3.97. The van der Waals surface area contributed by atoms with E-state index in [-0.39, 0.29) is 12.3 Å². The number of hydrogen-bond acceptors (Lipinski definition) is 4. The summed E-state index contributed by atoms with van der Waals surface area (Å²) in [4.78, 5) is 11.2. The first-order valence-corrected chi connectivity index (χ1v) is 7.79. The number of carboxylic acids is 1. The van der Waals surface area contributed by atoms with Crippen LogP contribution in [0.3, 0.4) is 0 Å². The lowest BCUT2D eigenvalue weighted by Gasteiger charge is -2.27. The number of fused-ring (bicyclic) bond motifs is 1. The number of hydrogen-bond donors (Lipinski definition) is 1. The molecule has 1 aromatic rings. The predicted molar refractivity (Wildman–Crippen MR) is 79.4 cm³/mol. The number of ether oxygens (including phenoxy) is 3. The Labute approximate surface area is 131 Å².